The number of benzene rings is 3. The van der Waals surface area contributed by atoms with Crippen molar-refractivity contribution in [2.24, 2.45) is 0 Å². The molecule has 1 unspecified atom stereocenters. The van der Waals surface area contributed by atoms with Crippen molar-refractivity contribution in [2.45, 2.75) is 57.0 Å². The standard InChI is InChI=1S/C30H35ClN2O2S/c1-3-4-18-32-30(35)28(21-24-9-6-5-7-10-24)33(22-25-11-8-12-26(31)20-25)29(34)17-19-36-27-15-13-23(2)14-16-27/h5-16,20,28H,3-4,17-19,21-22H2,1-2H3,(H,32,35). The highest BCUT2D eigenvalue weighted by molar-refractivity contribution is 7.99. The van der Waals surface area contributed by atoms with Gasteiger partial charge in [-0.15, -0.1) is 11.8 Å². The Bertz CT molecular complexity index is 1110. The zero-order chi connectivity index (χ0) is 25.8. The molecule has 3 aromatic rings. The van der Waals surface area contributed by atoms with Crippen molar-refractivity contribution in [3.63, 3.8) is 0 Å². The van der Waals surface area contributed by atoms with Crippen LogP contribution >= 0.6 is 23.4 Å². The molecule has 0 spiro atoms. The first kappa shape index (κ1) is 27.8. The fraction of sp³-hybridized carbons (Fsp3) is 0.333. The van der Waals surface area contributed by atoms with E-state index in [4.69, 9.17) is 11.6 Å². The number of aryl methyl sites for hydroxylation is 1. The van der Waals surface area contributed by atoms with E-state index >= 15 is 0 Å². The summed E-state index contributed by atoms with van der Waals surface area (Å²) in [6, 6.07) is 25.1. The number of rotatable bonds is 13. The van der Waals surface area contributed by atoms with Gasteiger partial charge in [0.15, 0.2) is 0 Å². The van der Waals surface area contributed by atoms with Gasteiger partial charge in [0.2, 0.25) is 11.8 Å². The summed E-state index contributed by atoms with van der Waals surface area (Å²) in [7, 11) is 0. The molecule has 0 fully saturated rings. The summed E-state index contributed by atoms with van der Waals surface area (Å²) in [5.41, 5.74) is 3.13. The van der Waals surface area contributed by atoms with E-state index in [0.29, 0.717) is 36.7 Å². The van der Waals surface area contributed by atoms with Crippen molar-refractivity contribution in [1.82, 2.24) is 10.2 Å². The molecule has 0 saturated heterocycles. The van der Waals surface area contributed by atoms with Crippen LogP contribution in [0.2, 0.25) is 5.02 Å². The SMILES string of the molecule is CCCCNC(=O)C(Cc1ccccc1)N(Cc1cccc(Cl)c1)C(=O)CCSc1ccc(C)cc1. The Labute approximate surface area is 224 Å². The maximum absolute atomic E-state index is 13.6. The molecular weight excluding hydrogens is 488 g/mol. The van der Waals surface area contributed by atoms with Gasteiger partial charge in [-0.25, -0.2) is 0 Å². The molecule has 1 atom stereocenters. The molecule has 0 saturated carbocycles. The van der Waals surface area contributed by atoms with Crippen LogP contribution in [0.3, 0.4) is 0 Å². The molecule has 4 nitrogen and oxygen atoms in total. The van der Waals surface area contributed by atoms with Crippen molar-refractivity contribution in [3.8, 4) is 0 Å². The highest BCUT2D eigenvalue weighted by Crippen LogP contribution is 2.22. The molecule has 3 rings (SSSR count). The average molecular weight is 523 g/mol. The molecule has 190 valence electrons. The van der Waals surface area contributed by atoms with E-state index in [0.717, 1.165) is 28.9 Å². The Morgan fingerprint density at radius 3 is 2.39 bits per heavy atom. The van der Waals surface area contributed by atoms with E-state index in [1.54, 1.807) is 16.7 Å². The quantitative estimate of drug-likeness (QED) is 0.201. The van der Waals surface area contributed by atoms with Gasteiger partial charge in [-0.3, -0.25) is 9.59 Å². The van der Waals surface area contributed by atoms with Crippen molar-refractivity contribution in [3.05, 3.63) is 101 Å². The second-order valence-electron chi connectivity index (χ2n) is 8.91. The molecule has 0 bridgehead atoms. The Balaban J connectivity index is 1.82. The molecule has 2 amide bonds. The van der Waals surface area contributed by atoms with Gasteiger partial charge in [-0.1, -0.05) is 85.1 Å². The lowest BCUT2D eigenvalue weighted by atomic mass is 10.0. The Hall–Kier alpha value is -2.76. The van der Waals surface area contributed by atoms with Gasteiger partial charge in [-0.05, 0) is 48.7 Å². The van der Waals surface area contributed by atoms with E-state index < -0.39 is 6.04 Å². The molecule has 3 aromatic carbocycles. The minimum absolute atomic E-state index is 0.0406. The van der Waals surface area contributed by atoms with Crippen molar-refractivity contribution in [1.29, 1.82) is 0 Å². The molecule has 0 aliphatic heterocycles. The fourth-order valence-electron chi connectivity index (χ4n) is 3.93. The second kappa shape index (κ2) is 14.7. The highest BCUT2D eigenvalue weighted by Gasteiger charge is 2.30. The topological polar surface area (TPSA) is 49.4 Å². The van der Waals surface area contributed by atoms with Crippen LogP contribution in [0.15, 0.2) is 83.8 Å². The number of halogens is 1. The van der Waals surface area contributed by atoms with Gasteiger partial charge < -0.3 is 10.2 Å². The molecule has 6 heteroatoms. The Kier molecular flexibility index (Phi) is 11.4. The summed E-state index contributed by atoms with van der Waals surface area (Å²) in [6.45, 7) is 5.08. The zero-order valence-electron chi connectivity index (χ0n) is 21.1. The average Bonchev–Trinajstić information content (AvgIpc) is 2.88. The number of nitrogens with zero attached hydrogens (tertiary/aromatic N) is 1. The minimum Gasteiger partial charge on any atom is -0.354 e. The highest BCUT2D eigenvalue weighted by atomic mass is 35.5. The smallest absolute Gasteiger partial charge is 0.243 e. The molecule has 0 aromatic heterocycles. The van der Waals surface area contributed by atoms with Gasteiger partial charge >= 0.3 is 0 Å². The summed E-state index contributed by atoms with van der Waals surface area (Å²) in [5.74, 6) is 0.485. The number of hydrogen-bond donors (Lipinski definition) is 1. The molecule has 0 aliphatic carbocycles. The number of carbonyl (C=O) groups excluding carboxylic acids is 2. The zero-order valence-corrected chi connectivity index (χ0v) is 22.7. The normalized spacial score (nSPS) is 11.6. The summed E-state index contributed by atoms with van der Waals surface area (Å²) >= 11 is 7.90. The van der Waals surface area contributed by atoms with Crippen molar-refractivity contribution >= 4 is 35.2 Å². The lowest BCUT2D eigenvalue weighted by Gasteiger charge is -2.31. The number of unbranched alkanes of at least 4 members (excludes halogenated alkanes) is 1. The number of thioether (sulfide) groups is 1. The summed E-state index contributed by atoms with van der Waals surface area (Å²) in [6.07, 6.45) is 2.69. The third kappa shape index (κ3) is 9.03. The third-order valence-corrected chi connectivity index (χ3v) is 7.20. The van der Waals surface area contributed by atoms with E-state index in [1.807, 2.05) is 54.6 Å². The predicted octanol–water partition coefficient (Wildman–Crippen LogP) is 6.69. The molecule has 36 heavy (non-hydrogen) atoms. The van der Waals surface area contributed by atoms with Crippen LogP contribution in [-0.2, 0) is 22.6 Å². The first-order chi connectivity index (χ1) is 17.5. The van der Waals surface area contributed by atoms with Crippen LogP contribution in [0.25, 0.3) is 0 Å². The molecule has 1 N–H and O–H groups in total. The fourth-order valence-corrected chi connectivity index (χ4v) is 4.98. The van der Waals surface area contributed by atoms with Crippen LogP contribution in [0.4, 0.5) is 0 Å². The summed E-state index contributed by atoms with van der Waals surface area (Å²) in [5, 5.41) is 3.67. The molecule has 0 aliphatic rings. The van der Waals surface area contributed by atoms with Crippen molar-refractivity contribution in [2.75, 3.05) is 12.3 Å². The van der Waals surface area contributed by atoms with E-state index in [-0.39, 0.29) is 11.8 Å². The van der Waals surface area contributed by atoms with Crippen LogP contribution in [0.1, 0.15) is 42.9 Å². The van der Waals surface area contributed by atoms with Crippen LogP contribution in [0.5, 0.6) is 0 Å². The number of carbonyl (C=O) groups is 2. The molecular formula is C30H35ClN2O2S. The lowest BCUT2D eigenvalue weighted by Crippen LogP contribution is -2.50. The second-order valence-corrected chi connectivity index (χ2v) is 10.5. The minimum atomic E-state index is -0.611. The third-order valence-electron chi connectivity index (χ3n) is 5.95. The first-order valence-electron chi connectivity index (χ1n) is 12.5. The van der Waals surface area contributed by atoms with Crippen LogP contribution in [0, 0.1) is 6.92 Å². The molecule has 0 heterocycles. The largest absolute Gasteiger partial charge is 0.354 e. The number of hydrogen-bond acceptors (Lipinski definition) is 3. The summed E-state index contributed by atoms with van der Waals surface area (Å²) < 4.78 is 0. The van der Waals surface area contributed by atoms with E-state index in [9.17, 15) is 9.59 Å². The Morgan fingerprint density at radius 1 is 0.972 bits per heavy atom. The van der Waals surface area contributed by atoms with Crippen LogP contribution in [-0.4, -0.2) is 35.1 Å². The number of amides is 2. The summed E-state index contributed by atoms with van der Waals surface area (Å²) in [4.78, 5) is 29.9. The maximum atomic E-state index is 13.6. The van der Waals surface area contributed by atoms with E-state index in [1.165, 1.54) is 5.56 Å². The first-order valence-corrected chi connectivity index (χ1v) is 13.9. The monoisotopic (exact) mass is 522 g/mol. The van der Waals surface area contributed by atoms with Gasteiger partial charge in [0.1, 0.15) is 6.04 Å². The number of nitrogens with one attached hydrogen (secondary N) is 1. The lowest BCUT2D eigenvalue weighted by molar-refractivity contribution is -0.141. The predicted molar refractivity (Wildman–Crippen MR) is 150 cm³/mol. The Morgan fingerprint density at radius 2 is 1.69 bits per heavy atom. The van der Waals surface area contributed by atoms with Crippen molar-refractivity contribution < 1.29 is 9.59 Å². The molecule has 0 radical (unpaired) electrons. The van der Waals surface area contributed by atoms with Gasteiger partial charge in [-0.2, -0.15) is 0 Å². The van der Waals surface area contributed by atoms with Gasteiger partial charge in [0.25, 0.3) is 0 Å². The van der Waals surface area contributed by atoms with Gasteiger partial charge in [0, 0.05) is 41.6 Å². The maximum Gasteiger partial charge on any atom is 0.243 e. The van der Waals surface area contributed by atoms with Crippen LogP contribution < -0.4 is 5.32 Å². The van der Waals surface area contributed by atoms with E-state index in [2.05, 4.69) is 43.4 Å². The van der Waals surface area contributed by atoms with Gasteiger partial charge in [0.05, 0.1) is 0 Å².